The van der Waals surface area contributed by atoms with Gasteiger partial charge in [0.2, 0.25) is 5.91 Å². The molecule has 0 aliphatic carbocycles. The summed E-state index contributed by atoms with van der Waals surface area (Å²) in [6.07, 6.45) is 0.962. The Morgan fingerprint density at radius 3 is 1.94 bits per heavy atom. The van der Waals surface area contributed by atoms with Crippen LogP contribution in [-0.4, -0.2) is 25.0 Å². The maximum Gasteiger partial charge on any atom is 0.255 e. The van der Waals surface area contributed by atoms with Crippen LogP contribution >= 0.6 is 0 Å². The van der Waals surface area contributed by atoms with E-state index in [1.807, 2.05) is 43.3 Å². The minimum atomic E-state index is -0.205. The van der Waals surface area contributed by atoms with Gasteiger partial charge in [0, 0.05) is 22.6 Å². The molecule has 31 heavy (non-hydrogen) atoms. The lowest BCUT2D eigenvalue weighted by Gasteiger charge is -2.10. The number of carbonyl (C=O) groups is 2. The highest BCUT2D eigenvalue weighted by molar-refractivity contribution is 6.04. The van der Waals surface area contributed by atoms with E-state index in [0.29, 0.717) is 17.9 Å². The molecule has 0 aliphatic rings. The van der Waals surface area contributed by atoms with Crippen LogP contribution in [-0.2, 0) is 11.2 Å². The number of carbonyl (C=O) groups excluding carboxylic acids is 2. The van der Waals surface area contributed by atoms with Crippen LogP contribution in [0.3, 0.4) is 0 Å². The van der Waals surface area contributed by atoms with Crippen molar-refractivity contribution in [3.05, 3.63) is 83.9 Å². The molecule has 0 bridgehead atoms. The zero-order chi connectivity index (χ0) is 22.1. The van der Waals surface area contributed by atoms with Gasteiger partial charge in [-0.1, -0.05) is 19.1 Å². The molecule has 3 rings (SSSR count). The van der Waals surface area contributed by atoms with Gasteiger partial charge >= 0.3 is 0 Å². The van der Waals surface area contributed by atoms with Crippen LogP contribution in [0.15, 0.2) is 72.8 Å². The minimum Gasteiger partial charge on any atom is -0.494 e. The molecule has 2 amide bonds. The van der Waals surface area contributed by atoms with Gasteiger partial charge in [0.15, 0.2) is 0 Å². The number of amides is 2. The first-order valence-corrected chi connectivity index (χ1v) is 10.3. The number of aryl methyl sites for hydroxylation is 1. The van der Waals surface area contributed by atoms with Crippen LogP contribution in [0.5, 0.6) is 5.75 Å². The van der Waals surface area contributed by atoms with Crippen LogP contribution in [0.1, 0.15) is 29.8 Å². The molecule has 0 radical (unpaired) electrons. The molecule has 6 nitrogen and oxygen atoms in total. The summed E-state index contributed by atoms with van der Waals surface area (Å²) in [6, 6.07) is 22.0. The Bertz CT molecular complexity index is 998. The number of nitrogens with one attached hydrogen (secondary N) is 3. The third kappa shape index (κ3) is 6.60. The van der Waals surface area contributed by atoms with E-state index in [1.54, 1.807) is 36.4 Å². The van der Waals surface area contributed by atoms with Gasteiger partial charge in [0.1, 0.15) is 5.75 Å². The smallest absolute Gasteiger partial charge is 0.255 e. The van der Waals surface area contributed by atoms with Crippen LogP contribution < -0.4 is 20.7 Å². The number of hydrogen-bond acceptors (Lipinski definition) is 4. The zero-order valence-electron chi connectivity index (χ0n) is 17.8. The Morgan fingerprint density at radius 2 is 1.32 bits per heavy atom. The number of anilines is 3. The predicted molar refractivity (Wildman–Crippen MR) is 125 cm³/mol. The number of rotatable bonds is 9. The van der Waals surface area contributed by atoms with Crippen molar-refractivity contribution >= 4 is 28.9 Å². The summed E-state index contributed by atoms with van der Waals surface area (Å²) < 4.78 is 5.40. The normalized spacial score (nSPS) is 10.3. The molecule has 0 fully saturated rings. The Morgan fingerprint density at radius 1 is 0.742 bits per heavy atom. The van der Waals surface area contributed by atoms with Crippen molar-refractivity contribution in [3.8, 4) is 5.75 Å². The lowest BCUT2D eigenvalue weighted by atomic mass is 10.1. The van der Waals surface area contributed by atoms with E-state index in [4.69, 9.17) is 4.74 Å². The third-order valence-corrected chi connectivity index (χ3v) is 4.67. The molecule has 0 aliphatic heterocycles. The zero-order valence-corrected chi connectivity index (χ0v) is 17.8. The molecule has 0 spiro atoms. The van der Waals surface area contributed by atoms with Crippen molar-refractivity contribution in [2.75, 3.05) is 29.1 Å². The molecule has 0 atom stereocenters. The summed E-state index contributed by atoms with van der Waals surface area (Å²) in [5.41, 5.74) is 3.97. The maximum atomic E-state index is 12.4. The highest BCUT2D eigenvalue weighted by Crippen LogP contribution is 2.17. The highest BCUT2D eigenvalue weighted by Gasteiger charge is 2.07. The Balaban J connectivity index is 1.48. The predicted octanol–water partition coefficient (Wildman–Crippen LogP) is 4.95. The van der Waals surface area contributed by atoms with Crippen LogP contribution in [0.25, 0.3) is 0 Å². The maximum absolute atomic E-state index is 12.4. The van der Waals surface area contributed by atoms with E-state index in [9.17, 15) is 9.59 Å². The third-order valence-electron chi connectivity index (χ3n) is 4.67. The fourth-order valence-corrected chi connectivity index (χ4v) is 2.96. The standard InChI is InChI=1S/C25H27N3O3/c1-3-18-5-9-21(10-6-18)27-24(29)17-26-20-11-7-19(8-12-20)25(30)28-22-13-15-23(16-14-22)31-4-2/h5-16,26H,3-4,17H2,1-2H3,(H,27,29)(H,28,30). The van der Waals surface area contributed by atoms with Gasteiger partial charge in [0.05, 0.1) is 13.2 Å². The van der Waals surface area contributed by atoms with E-state index in [2.05, 4.69) is 22.9 Å². The summed E-state index contributed by atoms with van der Waals surface area (Å²) in [5.74, 6) is 0.420. The molecule has 0 saturated carbocycles. The largest absolute Gasteiger partial charge is 0.494 e. The van der Waals surface area contributed by atoms with Gasteiger partial charge in [-0.05, 0) is 79.6 Å². The van der Waals surface area contributed by atoms with Crippen LogP contribution in [0.2, 0.25) is 0 Å². The van der Waals surface area contributed by atoms with Gasteiger partial charge in [-0.25, -0.2) is 0 Å². The first kappa shape index (κ1) is 21.9. The summed E-state index contributed by atoms with van der Waals surface area (Å²) in [4.78, 5) is 24.6. The lowest BCUT2D eigenvalue weighted by molar-refractivity contribution is -0.114. The first-order chi connectivity index (χ1) is 15.1. The average molecular weight is 418 g/mol. The van der Waals surface area contributed by atoms with E-state index in [0.717, 1.165) is 23.5 Å². The van der Waals surface area contributed by atoms with E-state index in [-0.39, 0.29) is 18.4 Å². The Kier molecular flexibility index (Phi) is 7.65. The molecule has 3 aromatic rings. The molecular formula is C25H27N3O3. The monoisotopic (exact) mass is 417 g/mol. The average Bonchev–Trinajstić information content (AvgIpc) is 2.80. The summed E-state index contributed by atoms with van der Waals surface area (Å²) in [5, 5.41) is 8.77. The van der Waals surface area contributed by atoms with Crippen molar-refractivity contribution < 1.29 is 14.3 Å². The molecule has 3 N–H and O–H groups in total. The first-order valence-electron chi connectivity index (χ1n) is 10.3. The van der Waals surface area contributed by atoms with Crippen molar-refractivity contribution in [3.63, 3.8) is 0 Å². The SMILES string of the molecule is CCOc1ccc(NC(=O)c2ccc(NCC(=O)Nc3ccc(CC)cc3)cc2)cc1. The van der Waals surface area contributed by atoms with Crippen LogP contribution in [0.4, 0.5) is 17.1 Å². The second-order valence-corrected chi connectivity index (χ2v) is 6.94. The molecule has 0 aromatic heterocycles. The topological polar surface area (TPSA) is 79.5 Å². The summed E-state index contributed by atoms with van der Waals surface area (Å²) >= 11 is 0. The Hall–Kier alpha value is -3.80. The summed E-state index contributed by atoms with van der Waals surface area (Å²) in [6.45, 7) is 4.74. The van der Waals surface area contributed by atoms with Crippen molar-refractivity contribution in [2.24, 2.45) is 0 Å². The fraction of sp³-hybridized carbons (Fsp3) is 0.200. The summed E-state index contributed by atoms with van der Waals surface area (Å²) in [7, 11) is 0. The van der Waals surface area contributed by atoms with Gasteiger partial charge in [0.25, 0.3) is 5.91 Å². The van der Waals surface area contributed by atoms with Crippen molar-refractivity contribution in [1.29, 1.82) is 0 Å². The fourth-order valence-electron chi connectivity index (χ4n) is 2.96. The minimum absolute atomic E-state index is 0.132. The molecule has 3 aromatic carbocycles. The Labute approximate surface area is 182 Å². The second-order valence-electron chi connectivity index (χ2n) is 6.94. The highest BCUT2D eigenvalue weighted by atomic mass is 16.5. The molecule has 0 unspecified atom stereocenters. The molecule has 0 saturated heterocycles. The number of hydrogen-bond donors (Lipinski definition) is 3. The molecule has 6 heteroatoms. The lowest BCUT2D eigenvalue weighted by Crippen LogP contribution is -2.21. The van der Waals surface area contributed by atoms with Gasteiger partial charge < -0.3 is 20.7 Å². The van der Waals surface area contributed by atoms with Gasteiger partial charge in [-0.2, -0.15) is 0 Å². The van der Waals surface area contributed by atoms with Crippen LogP contribution in [0, 0.1) is 0 Å². The van der Waals surface area contributed by atoms with Crippen molar-refractivity contribution in [2.45, 2.75) is 20.3 Å². The van der Waals surface area contributed by atoms with E-state index < -0.39 is 0 Å². The van der Waals surface area contributed by atoms with Gasteiger partial charge in [-0.3, -0.25) is 9.59 Å². The van der Waals surface area contributed by atoms with E-state index >= 15 is 0 Å². The van der Waals surface area contributed by atoms with Gasteiger partial charge in [-0.15, -0.1) is 0 Å². The number of ether oxygens (including phenoxy) is 1. The second kappa shape index (κ2) is 10.8. The molecular weight excluding hydrogens is 390 g/mol. The van der Waals surface area contributed by atoms with E-state index in [1.165, 1.54) is 5.56 Å². The molecule has 160 valence electrons. The van der Waals surface area contributed by atoms with Crippen molar-refractivity contribution in [1.82, 2.24) is 0 Å². The number of benzene rings is 3. The quantitative estimate of drug-likeness (QED) is 0.460. The molecule has 0 heterocycles.